The summed E-state index contributed by atoms with van der Waals surface area (Å²) in [6.45, 7) is 6.08. The lowest BCUT2D eigenvalue weighted by molar-refractivity contribution is -0.122. The molecule has 0 saturated carbocycles. The topological polar surface area (TPSA) is 75.3 Å². The molecule has 118 valence electrons. The van der Waals surface area contributed by atoms with Gasteiger partial charge in [-0.25, -0.2) is 8.42 Å². The first kappa shape index (κ1) is 17.7. The molecule has 0 aliphatic rings. The van der Waals surface area contributed by atoms with E-state index in [0.29, 0.717) is 6.54 Å². The van der Waals surface area contributed by atoms with Crippen LogP contribution in [0.4, 0.5) is 0 Å². The molecule has 1 amide bonds. The largest absolute Gasteiger partial charge is 0.355 e. The molecule has 1 aromatic rings. The molecule has 0 aromatic heterocycles. The summed E-state index contributed by atoms with van der Waals surface area (Å²) in [5.41, 5.74) is 0.982. The minimum Gasteiger partial charge on any atom is -0.355 e. The van der Waals surface area contributed by atoms with Crippen molar-refractivity contribution in [2.75, 3.05) is 6.54 Å². The summed E-state index contributed by atoms with van der Waals surface area (Å²) in [4.78, 5) is 12.0. The number of aryl methyl sites for hydroxylation is 1. The van der Waals surface area contributed by atoms with Crippen LogP contribution in [0.15, 0.2) is 29.2 Å². The van der Waals surface area contributed by atoms with E-state index in [1.165, 1.54) is 12.1 Å². The number of nitrogens with one attached hydrogen (secondary N) is 2. The molecule has 0 unspecified atom stereocenters. The van der Waals surface area contributed by atoms with Gasteiger partial charge in [0, 0.05) is 6.54 Å². The van der Waals surface area contributed by atoms with Crippen LogP contribution in [0.1, 0.15) is 38.7 Å². The van der Waals surface area contributed by atoms with Crippen LogP contribution in [-0.4, -0.2) is 26.9 Å². The Kier molecular flexibility index (Phi) is 6.84. The van der Waals surface area contributed by atoms with Crippen LogP contribution in [-0.2, 0) is 14.8 Å². The predicted octanol–water partition coefficient (Wildman–Crippen LogP) is 1.97. The molecule has 1 rings (SSSR count). The second-order valence-electron chi connectivity index (χ2n) is 5.15. The summed E-state index contributed by atoms with van der Waals surface area (Å²) in [5.74, 6) is -0.304. The first-order chi connectivity index (χ1) is 9.86. The monoisotopic (exact) mass is 312 g/mol. The van der Waals surface area contributed by atoms with Gasteiger partial charge in [0.05, 0.1) is 10.9 Å². The summed E-state index contributed by atoms with van der Waals surface area (Å²) in [6.07, 6.45) is 3.02. The second kappa shape index (κ2) is 8.14. The fourth-order valence-electron chi connectivity index (χ4n) is 1.81. The first-order valence-corrected chi connectivity index (χ1v) is 8.72. The van der Waals surface area contributed by atoms with Gasteiger partial charge in [0.2, 0.25) is 15.9 Å². The van der Waals surface area contributed by atoms with Gasteiger partial charge in [-0.3, -0.25) is 4.79 Å². The number of rotatable bonds is 8. The van der Waals surface area contributed by atoms with E-state index in [0.717, 1.165) is 24.8 Å². The Hall–Kier alpha value is -1.40. The van der Waals surface area contributed by atoms with Gasteiger partial charge in [-0.1, -0.05) is 37.5 Å². The Balaban J connectivity index is 2.58. The lowest BCUT2D eigenvalue weighted by Crippen LogP contribution is -2.44. The third-order valence-electron chi connectivity index (χ3n) is 3.14. The van der Waals surface area contributed by atoms with E-state index in [1.807, 2.05) is 6.92 Å². The molecule has 1 aromatic carbocycles. The summed E-state index contributed by atoms with van der Waals surface area (Å²) in [6, 6.07) is 5.72. The molecule has 5 nitrogen and oxygen atoms in total. The fourth-order valence-corrected chi connectivity index (χ4v) is 3.01. The van der Waals surface area contributed by atoms with E-state index in [1.54, 1.807) is 19.1 Å². The highest BCUT2D eigenvalue weighted by atomic mass is 32.2. The lowest BCUT2D eigenvalue weighted by Gasteiger charge is -2.14. The minimum absolute atomic E-state index is 0.165. The third-order valence-corrected chi connectivity index (χ3v) is 4.69. The highest BCUT2D eigenvalue weighted by Gasteiger charge is 2.21. The number of hydrogen-bond donors (Lipinski definition) is 2. The fraction of sp³-hybridized carbons (Fsp3) is 0.533. The van der Waals surface area contributed by atoms with Gasteiger partial charge in [0.25, 0.3) is 0 Å². The smallest absolute Gasteiger partial charge is 0.241 e. The van der Waals surface area contributed by atoms with Crippen molar-refractivity contribution in [2.24, 2.45) is 0 Å². The van der Waals surface area contributed by atoms with Gasteiger partial charge >= 0.3 is 0 Å². The summed E-state index contributed by atoms with van der Waals surface area (Å²) < 4.78 is 26.7. The standard InChI is InChI=1S/C15H24N2O3S/c1-4-5-6-11-16-15(18)13(3)17-21(19,20)14-9-7-12(2)8-10-14/h7-10,13,17H,4-6,11H2,1-3H3,(H,16,18)/t13-/m1/s1. The van der Waals surface area contributed by atoms with E-state index in [4.69, 9.17) is 0 Å². The van der Waals surface area contributed by atoms with Crippen LogP contribution in [0.25, 0.3) is 0 Å². The Morgan fingerprint density at radius 1 is 1.19 bits per heavy atom. The summed E-state index contributed by atoms with van der Waals surface area (Å²) in [7, 11) is -3.67. The van der Waals surface area contributed by atoms with Crippen LogP contribution >= 0.6 is 0 Å². The van der Waals surface area contributed by atoms with Gasteiger partial charge in [-0.2, -0.15) is 4.72 Å². The van der Waals surface area contributed by atoms with Crippen molar-refractivity contribution in [2.45, 2.75) is 51.0 Å². The molecule has 6 heteroatoms. The number of unbranched alkanes of at least 4 members (excludes halogenated alkanes) is 2. The van der Waals surface area contributed by atoms with E-state index in [2.05, 4.69) is 17.0 Å². The maximum atomic E-state index is 12.1. The van der Waals surface area contributed by atoms with Crippen LogP contribution in [0.3, 0.4) is 0 Å². The van der Waals surface area contributed by atoms with E-state index in [-0.39, 0.29) is 10.8 Å². The van der Waals surface area contributed by atoms with E-state index in [9.17, 15) is 13.2 Å². The molecule has 0 heterocycles. The molecular weight excluding hydrogens is 288 g/mol. The zero-order chi connectivity index (χ0) is 15.9. The zero-order valence-electron chi connectivity index (χ0n) is 12.8. The van der Waals surface area contributed by atoms with Crippen molar-refractivity contribution < 1.29 is 13.2 Å². The van der Waals surface area contributed by atoms with Crippen LogP contribution in [0, 0.1) is 6.92 Å². The van der Waals surface area contributed by atoms with Crippen molar-refractivity contribution >= 4 is 15.9 Å². The lowest BCUT2D eigenvalue weighted by atomic mass is 10.2. The average Bonchev–Trinajstić information content (AvgIpc) is 2.43. The zero-order valence-corrected chi connectivity index (χ0v) is 13.7. The minimum atomic E-state index is -3.67. The Morgan fingerprint density at radius 3 is 2.38 bits per heavy atom. The van der Waals surface area contributed by atoms with E-state index >= 15 is 0 Å². The number of sulfonamides is 1. The first-order valence-electron chi connectivity index (χ1n) is 7.23. The van der Waals surface area contributed by atoms with Crippen LogP contribution < -0.4 is 10.0 Å². The summed E-state index contributed by atoms with van der Waals surface area (Å²) >= 11 is 0. The molecule has 0 radical (unpaired) electrons. The molecule has 0 bridgehead atoms. The number of amides is 1. The summed E-state index contributed by atoms with van der Waals surface area (Å²) in [5, 5.41) is 2.73. The van der Waals surface area contributed by atoms with Crippen molar-refractivity contribution in [3.8, 4) is 0 Å². The second-order valence-corrected chi connectivity index (χ2v) is 6.87. The number of benzene rings is 1. The van der Waals surface area contributed by atoms with E-state index < -0.39 is 16.1 Å². The predicted molar refractivity (Wildman–Crippen MR) is 83.5 cm³/mol. The van der Waals surface area contributed by atoms with Gasteiger partial charge in [0.1, 0.15) is 0 Å². The molecule has 21 heavy (non-hydrogen) atoms. The average molecular weight is 312 g/mol. The number of carbonyl (C=O) groups excluding carboxylic acids is 1. The number of hydrogen-bond acceptors (Lipinski definition) is 3. The Bertz CT molecular complexity index is 553. The van der Waals surface area contributed by atoms with Gasteiger partial charge < -0.3 is 5.32 Å². The normalized spacial score (nSPS) is 12.9. The Morgan fingerprint density at radius 2 is 1.81 bits per heavy atom. The van der Waals surface area contributed by atoms with Crippen LogP contribution in [0.2, 0.25) is 0 Å². The molecule has 1 atom stereocenters. The number of carbonyl (C=O) groups is 1. The van der Waals surface area contributed by atoms with Crippen molar-refractivity contribution in [3.05, 3.63) is 29.8 Å². The maximum absolute atomic E-state index is 12.1. The van der Waals surface area contributed by atoms with Gasteiger partial charge in [0.15, 0.2) is 0 Å². The highest BCUT2D eigenvalue weighted by molar-refractivity contribution is 7.89. The van der Waals surface area contributed by atoms with Crippen LogP contribution in [0.5, 0.6) is 0 Å². The molecule has 0 aliphatic carbocycles. The van der Waals surface area contributed by atoms with Crippen molar-refractivity contribution in [3.63, 3.8) is 0 Å². The van der Waals surface area contributed by atoms with Gasteiger partial charge in [-0.15, -0.1) is 0 Å². The maximum Gasteiger partial charge on any atom is 0.241 e. The molecule has 2 N–H and O–H groups in total. The molecular formula is C15H24N2O3S. The van der Waals surface area contributed by atoms with Gasteiger partial charge in [-0.05, 0) is 32.4 Å². The molecule has 0 fully saturated rings. The quantitative estimate of drug-likeness (QED) is 0.721. The SMILES string of the molecule is CCCCCNC(=O)[C@@H](C)NS(=O)(=O)c1ccc(C)cc1. The van der Waals surface area contributed by atoms with Crippen molar-refractivity contribution in [1.29, 1.82) is 0 Å². The molecule has 0 aliphatic heterocycles. The third kappa shape index (κ3) is 5.85. The molecule has 0 saturated heterocycles. The van der Waals surface area contributed by atoms with Crippen molar-refractivity contribution in [1.82, 2.24) is 10.0 Å². The highest BCUT2D eigenvalue weighted by Crippen LogP contribution is 2.10. The Labute approximate surface area is 127 Å². The molecule has 0 spiro atoms.